The van der Waals surface area contributed by atoms with Crippen molar-refractivity contribution in [3.63, 3.8) is 0 Å². The fraction of sp³-hybridized carbons (Fsp3) is 0.444. The number of hydrogen-bond donors (Lipinski definition) is 2. The summed E-state index contributed by atoms with van der Waals surface area (Å²) in [5.41, 5.74) is 5.79. The molecule has 0 spiro atoms. The van der Waals surface area contributed by atoms with Crippen LogP contribution in [0.15, 0.2) is 48.7 Å². The summed E-state index contributed by atoms with van der Waals surface area (Å²) in [7, 11) is 0. The van der Waals surface area contributed by atoms with Gasteiger partial charge in [0.15, 0.2) is 0 Å². The Morgan fingerprint density at radius 1 is 1.06 bits per heavy atom. The zero-order chi connectivity index (χ0) is 21.8. The molecule has 2 unspecified atom stereocenters. The number of benzene rings is 2. The minimum absolute atomic E-state index is 0.100. The van der Waals surface area contributed by atoms with Crippen molar-refractivity contribution >= 4 is 16.8 Å². The highest BCUT2D eigenvalue weighted by molar-refractivity contribution is 5.91. The number of carbonyl (C=O) groups is 1. The molecule has 3 aromatic rings. The number of rotatable bonds is 7. The molecule has 1 aromatic heterocycles. The number of piperidine rings is 1. The molecule has 2 aromatic carbocycles. The highest BCUT2D eigenvalue weighted by Crippen LogP contribution is 2.26. The van der Waals surface area contributed by atoms with Gasteiger partial charge >= 0.3 is 0 Å². The Morgan fingerprint density at radius 2 is 1.77 bits per heavy atom. The van der Waals surface area contributed by atoms with Gasteiger partial charge in [0, 0.05) is 42.3 Å². The summed E-state index contributed by atoms with van der Waals surface area (Å²) in [5, 5.41) is 4.24. The number of nitrogens with one attached hydrogen (secondary N) is 2. The van der Waals surface area contributed by atoms with E-state index < -0.39 is 0 Å². The SMILES string of the molecule is Cc1ccc(-c2ccc3c(CC(=O)NCCCN4C(C)CCCC4C)c[nH]c3c2)cc1. The fourth-order valence-electron chi connectivity index (χ4n) is 4.90. The molecule has 4 heteroatoms. The first-order chi connectivity index (χ1) is 15.0. The quantitative estimate of drug-likeness (QED) is 0.502. The Hall–Kier alpha value is -2.59. The van der Waals surface area contributed by atoms with E-state index in [4.69, 9.17) is 0 Å². The Kier molecular flexibility index (Phi) is 6.77. The van der Waals surface area contributed by atoms with Crippen LogP contribution < -0.4 is 5.32 Å². The van der Waals surface area contributed by atoms with Gasteiger partial charge in [-0.3, -0.25) is 9.69 Å². The number of carbonyl (C=O) groups excluding carboxylic acids is 1. The molecule has 4 nitrogen and oxygen atoms in total. The predicted molar refractivity (Wildman–Crippen MR) is 129 cm³/mol. The molecule has 2 atom stereocenters. The maximum absolute atomic E-state index is 12.5. The number of aromatic nitrogens is 1. The highest BCUT2D eigenvalue weighted by atomic mass is 16.1. The predicted octanol–water partition coefficient (Wildman–Crippen LogP) is 5.46. The number of fused-ring (bicyclic) bond motifs is 1. The van der Waals surface area contributed by atoms with Gasteiger partial charge in [-0.1, -0.05) is 48.4 Å². The number of nitrogens with zero attached hydrogens (tertiary/aromatic N) is 1. The van der Waals surface area contributed by atoms with Crippen LogP contribution in [0.2, 0.25) is 0 Å². The number of hydrogen-bond acceptors (Lipinski definition) is 2. The smallest absolute Gasteiger partial charge is 0.224 e. The van der Waals surface area contributed by atoms with Crippen molar-refractivity contribution in [2.24, 2.45) is 0 Å². The molecule has 164 valence electrons. The van der Waals surface area contributed by atoms with Crippen molar-refractivity contribution in [2.75, 3.05) is 13.1 Å². The highest BCUT2D eigenvalue weighted by Gasteiger charge is 2.23. The number of H-pyrrole nitrogens is 1. The van der Waals surface area contributed by atoms with Crippen LogP contribution in [-0.4, -0.2) is 41.0 Å². The molecule has 1 amide bonds. The van der Waals surface area contributed by atoms with E-state index in [9.17, 15) is 4.79 Å². The second-order valence-corrected chi connectivity index (χ2v) is 9.19. The van der Waals surface area contributed by atoms with Crippen LogP contribution in [0.4, 0.5) is 0 Å². The monoisotopic (exact) mass is 417 g/mol. The Morgan fingerprint density at radius 3 is 2.52 bits per heavy atom. The van der Waals surface area contributed by atoms with Gasteiger partial charge in [0.05, 0.1) is 6.42 Å². The van der Waals surface area contributed by atoms with Crippen LogP contribution in [-0.2, 0) is 11.2 Å². The molecule has 2 N–H and O–H groups in total. The lowest BCUT2D eigenvalue weighted by atomic mass is 9.97. The van der Waals surface area contributed by atoms with Crippen LogP contribution in [0.1, 0.15) is 50.7 Å². The van der Waals surface area contributed by atoms with Crippen molar-refractivity contribution in [3.05, 3.63) is 59.8 Å². The van der Waals surface area contributed by atoms with E-state index in [-0.39, 0.29) is 5.91 Å². The summed E-state index contributed by atoms with van der Waals surface area (Å²) in [5.74, 6) is 0.100. The van der Waals surface area contributed by atoms with E-state index in [1.54, 1.807) is 0 Å². The van der Waals surface area contributed by atoms with Crippen LogP contribution in [0, 0.1) is 6.92 Å². The van der Waals surface area contributed by atoms with Gasteiger partial charge in [0.25, 0.3) is 0 Å². The third kappa shape index (κ3) is 5.19. The summed E-state index contributed by atoms with van der Waals surface area (Å²) < 4.78 is 0. The minimum atomic E-state index is 0.100. The first-order valence-electron chi connectivity index (χ1n) is 11.7. The molecule has 1 aliphatic heterocycles. The number of aromatic amines is 1. The van der Waals surface area contributed by atoms with Crippen LogP contribution in [0.25, 0.3) is 22.0 Å². The Bertz CT molecular complexity index is 1010. The van der Waals surface area contributed by atoms with Crippen LogP contribution in [0.5, 0.6) is 0 Å². The van der Waals surface area contributed by atoms with Gasteiger partial charge < -0.3 is 10.3 Å². The van der Waals surface area contributed by atoms with Crippen molar-refractivity contribution in [1.29, 1.82) is 0 Å². The average Bonchev–Trinajstić information content (AvgIpc) is 3.15. The zero-order valence-electron chi connectivity index (χ0n) is 19.1. The average molecular weight is 418 g/mol. The van der Waals surface area contributed by atoms with Gasteiger partial charge in [0.1, 0.15) is 0 Å². The molecule has 1 aliphatic rings. The molecular formula is C27H35N3O. The molecule has 2 heterocycles. The topological polar surface area (TPSA) is 48.1 Å². The van der Waals surface area contributed by atoms with E-state index in [0.29, 0.717) is 18.5 Å². The van der Waals surface area contributed by atoms with E-state index in [1.165, 1.54) is 36.0 Å². The molecule has 0 bridgehead atoms. The summed E-state index contributed by atoms with van der Waals surface area (Å²) >= 11 is 0. The summed E-state index contributed by atoms with van der Waals surface area (Å²) in [6.07, 6.45) is 7.33. The van der Waals surface area contributed by atoms with Crippen molar-refractivity contribution in [3.8, 4) is 11.1 Å². The van der Waals surface area contributed by atoms with E-state index in [0.717, 1.165) is 36.0 Å². The first-order valence-corrected chi connectivity index (χ1v) is 11.7. The van der Waals surface area contributed by atoms with Gasteiger partial charge in [-0.15, -0.1) is 0 Å². The van der Waals surface area contributed by atoms with Gasteiger partial charge in [0.2, 0.25) is 5.91 Å². The van der Waals surface area contributed by atoms with Crippen molar-refractivity contribution in [2.45, 2.75) is 65.0 Å². The van der Waals surface area contributed by atoms with Crippen LogP contribution >= 0.6 is 0 Å². The van der Waals surface area contributed by atoms with E-state index >= 15 is 0 Å². The molecule has 31 heavy (non-hydrogen) atoms. The second-order valence-electron chi connectivity index (χ2n) is 9.19. The Labute approximate surface area is 186 Å². The molecule has 1 fully saturated rings. The summed E-state index contributed by atoms with van der Waals surface area (Å²) in [6, 6.07) is 16.3. The molecule has 4 rings (SSSR count). The van der Waals surface area contributed by atoms with Gasteiger partial charge in [-0.2, -0.15) is 0 Å². The maximum atomic E-state index is 12.5. The van der Waals surface area contributed by atoms with Crippen molar-refractivity contribution in [1.82, 2.24) is 15.2 Å². The fourth-order valence-corrected chi connectivity index (χ4v) is 4.90. The molecule has 0 saturated carbocycles. The molecular weight excluding hydrogens is 382 g/mol. The van der Waals surface area contributed by atoms with Crippen molar-refractivity contribution < 1.29 is 4.79 Å². The van der Waals surface area contributed by atoms with E-state index in [2.05, 4.69) is 78.4 Å². The molecule has 0 radical (unpaired) electrons. The third-order valence-electron chi connectivity index (χ3n) is 6.79. The van der Waals surface area contributed by atoms with E-state index in [1.807, 2.05) is 6.20 Å². The minimum Gasteiger partial charge on any atom is -0.361 e. The Balaban J connectivity index is 1.31. The molecule has 1 saturated heterocycles. The lowest BCUT2D eigenvalue weighted by Crippen LogP contribution is -2.44. The number of amides is 1. The molecule has 0 aliphatic carbocycles. The maximum Gasteiger partial charge on any atom is 0.224 e. The second kappa shape index (κ2) is 9.69. The summed E-state index contributed by atoms with van der Waals surface area (Å²) in [6.45, 7) is 8.57. The van der Waals surface area contributed by atoms with Crippen LogP contribution in [0.3, 0.4) is 0 Å². The first kappa shape index (κ1) is 21.6. The third-order valence-corrected chi connectivity index (χ3v) is 6.79. The number of likely N-dealkylation sites (tertiary alicyclic amines) is 1. The number of aryl methyl sites for hydroxylation is 1. The normalized spacial score (nSPS) is 19.6. The lowest BCUT2D eigenvalue weighted by Gasteiger charge is -2.39. The standard InChI is InChI=1S/C27H35N3O/c1-19-8-10-22(11-9-19)23-12-13-25-24(18-29-26(25)16-23)17-27(31)28-14-5-15-30-20(2)6-4-7-21(30)3/h8-13,16,18,20-21,29H,4-7,14-15,17H2,1-3H3,(H,28,31). The van der Waals surface area contributed by atoms with Gasteiger partial charge in [-0.25, -0.2) is 0 Å². The summed E-state index contributed by atoms with van der Waals surface area (Å²) in [4.78, 5) is 18.5. The lowest BCUT2D eigenvalue weighted by molar-refractivity contribution is -0.120. The largest absolute Gasteiger partial charge is 0.361 e. The zero-order valence-corrected chi connectivity index (χ0v) is 19.1. The van der Waals surface area contributed by atoms with Gasteiger partial charge in [-0.05, 0) is 62.8 Å².